The van der Waals surface area contributed by atoms with E-state index in [1.165, 1.54) is 0 Å². The molecule has 0 radical (unpaired) electrons. The van der Waals surface area contributed by atoms with Gasteiger partial charge < -0.3 is 10.5 Å². The van der Waals surface area contributed by atoms with Crippen molar-refractivity contribution in [1.82, 2.24) is 10.0 Å². The number of nitrogens with two attached hydrogens (primary N) is 1. The Morgan fingerprint density at radius 2 is 1.79 bits per heavy atom. The lowest BCUT2D eigenvalue weighted by atomic mass is 9.92. The summed E-state index contributed by atoms with van der Waals surface area (Å²) in [7, 11) is -2.18. The third-order valence-corrected chi connectivity index (χ3v) is 5.21. The second-order valence-corrected chi connectivity index (χ2v) is 9.47. The van der Waals surface area contributed by atoms with Crippen molar-refractivity contribution in [3.05, 3.63) is 65.0 Å². The first-order chi connectivity index (χ1) is 15.9. The molecular formula is C25H40N4O4S. The lowest BCUT2D eigenvalue weighted by molar-refractivity contribution is -0.121. The monoisotopic (exact) mass is 492 g/mol. The van der Waals surface area contributed by atoms with Crippen LogP contribution >= 0.6 is 0 Å². The molecule has 9 heteroatoms. The van der Waals surface area contributed by atoms with Crippen molar-refractivity contribution in [2.24, 2.45) is 5.73 Å². The second-order valence-electron chi connectivity index (χ2n) is 7.72. The minimum atomic E-state index is -3.74. The first-order valence-corrected chi connectivity index (χ1v) is 13.1. The number of ether oxygens (including phenoxy) is 1. The number of rotatable bonds is 11. The van der Waals surface area contributed by atoms with Gasteiger partial charge in [-0.05, 0) is 48.1 Å². The number of allylic oxidation sites excluding steroid dienone is 2. The predicted octanol–water partition coefficient (Wildman–Crippen LogP) is 3.99. The first-order valence-electron chi connectivity index (χ1n) is 11.2. The zero-order chi connectivity index (χ0) is 26.5. The summed E-state index contributed by atoms with van der Waals surface area (Å²) in [5.74, 6) is -0.556. The minimum absolute atomic E-state index is 0.0650. The zero-order valence-electron chi connectivity index (χ0n) is 21.5. The fraction of sp³-hybridized carbons (Fsp3) is 0.440. The van der Waals surface area contributed by atoms with Gasteiger partial charge in [-0.15, -0.1) is 0 Å². The summed E-state index contributed by atoms with van der Waals surface area (Å²) in [5, 5.41) is 10.6. The normalized spacial score (nSPS) is 13.3. The highest BCUT2D eigenvalue weighted by atomic mass is 32.2. The number of carbonyl (C=O) groups is 1. The predicted molar refractivity (Wildman–Crippen MR) is 141 cm³/mol. The molecule has 0 saturated carbocycles. The van der Waals surface area contributed by atoms with Crippen LogP contribution in [0.25, 0.3) is 5.57 Å². The van der Waals surface area contributed by atoms with Gasteiger partial charge in [0, 0.05) is 12.1 Å². The molecule has 1 unspecified atom stereocenters. The summed E-state index contributed by atoms with van der Waals surface area (Å²) < 4.78 is 30.6. The van der Waals surface area contributed by atoms with Gasteiger partial charge in [0.1, 0.15) is 11.9 Å². The molecule has 1 amide bonds. The molecule has 0 bridgehead atoms. The van der Waals surface area contributed by atoms with E-state index in [0.29, 0.717) is 11.1 Å². The molecule has 1 rings (SSSR count). The third kappa shape index (κ3) is 10.8. The Kier molecular flexibility index (Phi) is 13.8. The summed E-state index contributed by atoms with van der Waals surface area (Å²) in [4.78, 5) is 12.9. The van der Waals surface area contributed by atoms with Crippen molar-refractivity contribution in [1.29, 1.82) is 5.41 Å². The summed E-state index contributed by atoms with van der Waals surface area (Å²) in [6.45, 7) is 12.0. The van der Waals surface area contributed by atoms with Crippen LogP contribution in [0.2, 0.25) is 0 Å². The molecule has 34 heavy (non-hydrogen) atoms. The molecule has 1 aromatic rings. The van der Waals surface area contributed by atoms with Crippen LogP contribution in [0.4, 0.5) is 0 Å². The molecule has 190 valence electrons. The van der Waals surface area contributed by atoms with Gasteiger partial charge in [0.25, 0.3) is 5.91 Å². The van der Waals surface area contributed by atoms with E-state index in [2.05, 4.69) is 10.0 Å². The van der Waals surface area contributed by atoms with E-state index in [0.717, 1.165) is 23.0 Å². The minimum Gasteiger partial charge on any atom is -0.504 e. The lowest BCUT2D eigenvalue weighted by Gasteiger charge is -2.20. The van der Waals surface area contributed by atoms with Crippen LogP contribution in [-0.4, -0.2) is 40.1 Å². The zero-order valence-corrected chi connectivity index (χ0v) is 22.3. The van der Waals surface area contributed by atoms with E-state index in [9.17, 15) is 13.2 Å². The Bertz CT molecular complexity index is 1030. The molecule has 0 heterocycles. The highest BCUT2D eigenvalue weighted by Gasteiger charge is 2.24. The average molecular weight is 493 g/mol. The Hall–Kier alpha value is -2.91. The van der Waals surface area contributed by atoms with E-state index in [-0.39, 0.29) is 18.3 Å². The number of benzene rings is 1. The van der Waals surface area contributed by atoms with Gasteiger partial charge in [0.2, 0.25) is 10.0 Å². The number of methoxy groups -OCH3 is 1. The van der Waals surface area contributed by atoms with Gasteiger partial charge >= 0.3 is 0 Å². The molecule has 5 N–H and O–H groups in total. The molecule has 0 aliphatic heterocycles. The van der Waals surface area contributed by atoms with E-state index in [1.807, 2.05) is 52.8 Å². The molecule has 0 fully saturated rings. The Morgan fingerprint density at radius 1 is 1.21 bits per heavy atom. The maximum absolute atomic E-state index is 12.9. The van der Waals surface area contributed by atoms with Crippen LogP contribution in [0.5, 0.6) is 0 Å². The number of sulfonamides is 1. The maximum Gasteiger partial charge on any atom is 0.255 e. The maximum atomic E-state index is 12.9. The molecule has 0 aliphatic rings. The van der Waals surface area contributed by atoms with Gasteiger partial charge in [-0.1, -0.05) is 58.1 Å². The number of amidine groups is 1. The van der Waals surface area contributed by atoms with E-state index in [1.54, 1.807) is 38.5 Å². The van der Waals surface area contributed by atoms with Crippen molar-refractivity contribution in [2.45, 2.75) is 53.5 Å². The van der Waals surface area contributed by atoms with Crippen LogP contribution in [0.3, 0.4) is 0 Å². The summed E-state index contributed by atoms with van der Waals surface area (Å²) in [6, 6.07) is 4.83. The molecule has 0 saturated heterocycles. The Morgan fingerprint density at radius 3 is 2.26 bits per heavy atom. The van der Waals surface area contributed by atoms with Crippen LogP contribution < -0.4 is 15.8 Å². The third-order valence-electron chi connectivity index (χ3n) is 4.64. The number of carbonyl (C=O) groups excluding carboxylic acids is 1. The van der Waals surface area contributed by atoms with Crippen molar-refractivity contribution in [2.75, 3.05) is 19.9 Å². The fourth-order valence-electron chi connectivity index (χ4n) is 2.97. The molecule has 0 spiro atoms. The quantitative estimate of drug-likeness (QED) is 0.160. The average Bonchev–Trinajstić information content (AvgIpc) is 2.75. The highest BCUT2D eigenvalue weighted by Crippen LogP contribution is 2.26. The molecule has 0 aromatic heterocycles. The van der Waals surface area contributed by atoms with Crippen LogP contribution in [0.15, 0.2) is 48.3 Å². The summed E-state index contributed by atoms with van der Waals surface area (Å²) >= 11 is 0. The van der Waals surface area contributed by atoms with Gasteiger partial charge in [-0.3, -0.25) is 20.2 Å². The highest BCUT2D eigenvalue weighted by molar-refractivity contribution is 7.89. The van der Waals surface area contributed by atoms with E-state index < -0.39 is 22.0 Å². The van der Waals surface area contributed by atoms with Gasteiger partial charge in [0.05, 0.1) is 19.6 Å². The topological polar surface area (TPSA) is 134 Å². The van der Waals surface area contributed by atoms with Gasteiger partial charge in [-0.2, -0.15) is 0 Å². The number of amides is 1. The van der Waals surface area contributed by atoms with Crippen molar-refractivity contribution in [3.63, 3.8) is 0 Å². The smallest absolute Gasteiger partial charge is 0.255 e. The van der Waals surface area contributed by atoms with Crippen LogP contribution in [0, 0.1) is 5.41 Å². The molecular weight excluding hydrogens is 452 g/mol. The number of hydrogen-bond acceptors (Lipinski definition) is 6. The van der Waals surface area contributed by atoms with Gasteiger partial charge in [-0.25, -0.2) is 8.42 Å². The van der Waals surface area contributed by atoms with E-state index >= 15 is 0 Å². The van der Waals surface area contributed by atoms with Gasteiger partial charge in [0.15, 0.2) is 0 Å². The van der Waals surface area contributed by atoms with Crippen molar-refractivity contribution >= 4 is 27.3 Å². The fourth-order valence-corrected chi connectivity index (χ4v) is 3.45. The number of nitrogens with one attached hydrogen (secondary N) is 3. The Labute approximate surface area is 204 Å². The first kappa shape index (κ1) is 31.1. The van der Waals surface area contributed by atoms with Crippen molar-refractivity contribution in [3.8, 4) is 0 Å². The van der Waals surface area contributed by atoms with Crippen LogP contribution in [-0.2, 0) is 19.6 Å². The Balaban J connectivity index is 0.00000529. The summed E-state index contributed by atoms with van der Waals surface area (Å²) in [5.41, 5.74) is 9.43. The number of hydrogen-bond donors (Lipinski definition) is 4. The van der Waals surface area contributed by atoms with E-state index in [4.69, 9.17) is 15.9 Å². The standard InChI is InChI=1S/C23H34N4O4S.C2H6/c1-7-17(22(24)25)9-8-10-26-21(23(28)27-32(6,29)30)20-12-18(15(2)3)11-19(13-20)16(4)14-31-5;1-2/h7-9,11-15,21,26H,10H2,1-6H3,(H3,24,25)(H,27,28);1-2H3/b9-8-,16-14-,17-7+;. The second kappa shape index (κ2) is 15.1. The summed E-state index contributed by atoms with van der Waals surface area (Å²) in [6.07, 6.45) is 7.65. The van der Waals surface area contributed by atoms with Crippen molar-refractivity contribution < 1.29 is 17.9 Å². The molecule has 0 aliphatic carbocycles. The molecule has 1 atom stereocenters. The lowest BCUT2D eigenvalue weighted by Crippen LogP contribution is -2.40. The SMILES string of the molecule is C/C=C(\C=C/CNC(C(=O)NS(C)(=O)=O)c1cc(/C(C)=C\OC)cc(C(C)C)c1)C(=N)N.CC. The largest absolute Gasteiger partial charge is 0.504 e. The van der Waals surface area contributed by atoms with Crippen LogP contribution in [0.1, 0.15) is 70.2 Å². The molecule has 8 nitrogen and oxygen atoms in total. The molecule has 1 aromatic carbocycles.